The Balaban J connectivity index is 1.77. The molecule has 2 atom stereocenters. The number of carbonyl (C=O) groups excluding carboxylic acids is 4. The van der Waals surface area contributed by atoms with Gasteiger partial charge in [-0.15, -0.1) is 0 Å². The van der Waals surface area contributed by atoms with Gasteiger partial charge in [0.25, 0.3) is 0 Å². The van der Waals surface area contributed by atoms with Gasteiger partial charge in [0.15, 0.2) is 0 Å². The summed E-state index contributed by atoms with van der Waals surface area (Å²) in [4.78, 5) is 52.7. The van der Waals surface area contributed by atoms with Crippen LogP contribution in [-0.4, -0.2) is 84.5 Å². The Morgan fingerprint density at radius 3 is 2.31 bits per heavy atom. The fraction of sp³-hybridized carbons (Fsp3) is 0.846. The van der Waals surface area contributed by atoms with E-state index in [1.807, 2.05) is 20.8 Å². The van der Waals surface area contributed by atoms with Crippen LogP contribution in [0.3, 0.4) is 0 Å². The molecule has 0 aliphatic carbocycles. The molecule has 2 fully saturated rings. The molecule has 0 aromatic rings. The van der Waals surface area contributed by atoms with E-state index >= 15 is 0 Å². The molecule has 200 valence electrons. The molecule has 0 aromatic heterocycles. The number of rotatable bonds is 10. The van der Waals surface area contributed by atoms with E-state index in [9.17, 15) is 19.2 Å². The van der Waals surface area contributed by atoms with E-state index in [2.05, 4.69) is 10.2 Å². The van der Waals surface area contributed by atoms with Gasteiger partial charge in [-0.25, -0.2) is 9.59 Å². The van der Waals surface area contributed by atoms with Gasteiger partial charge in [-0.1, -0.05) is 6.42 Å². The second kappa shape index (κ2) is 13.8. The number of Topliss-reactive ketones (excluding diaryl/α,β-unsaturated/α-hetero) is 1. The molecule has 2 heterocycles. The Morgan fingerprint density at radius 1 is 1.03 bits per heavy atom. The molecule has 0 bridgehead atoms. The largest absolute Gasteiger partial charge is 0.467 e. The Kier molecular flexibility index (Phi) is 11.5. The van der Waals surface area contributed by atoms with E-state index in [0.29, 0.717) is 44.1 Å². The van der Waals surface area contributed by atoms with Crippen LogP contribution in [0.15, 0.2) is 0 Å². The minimum atomic E-state index is -0.650. The SMILES string of the molecule is COC(=O)C(CCCN1CCCC[C@@H]1C(=O)CCC1CCN(C(=O)OC(C)(C)C)CC1)NC(C)=O. The van der Waals surface area contributed by atoms with Crippen molar-refractivity contribution in [2.45, 2.75) is 103 Å². The minimum Gasteiger partial charge on any atom is -0.467 e. The highest BCUT2D eigenvalue weighted by atomic mass is 16.6. The lowest BCUT2D eigenvalue weighted by Gasteiger charge is -2.36. The molecule has 35 heavy (non-hydrogen) atoms. The van der Waals surface area contributed by atoms with Crippen LogP contribution < -0.4 is 5.32 Å². The van der Waals surface area contributed by atoms with E-state index in [4.69, 9.17) is 9.47 Å². The maximum atomic E-state index is 13.1. The number of amides is 2. The summed E-state index contributed by atoms with van der Waals surface area (Å²) in [7, 11) is 1.32. The van der Waals surface area contributed by atoms with Crippen molar-refractivity contribution in [3.8, 4) is 0 Å². The molecule has 2 saturated heterocycles. The second-order valence-corrected chi connectivity index (χ2v) is 10.9. The summed E-state index contributed by atoms with van der Waals surface area (Å²) in [5.74, 6) is 0.0475. The number of hydrogen-bond acceptors (Lipinski definition) is 7. The number of ether oxygens (including phenoxy) is 2. The van der Waals surface area contributed by atoms with Gasteiger partial charge in [0.2, 0.25) is 5.91 Å². The van der Waals surface area contributed by atoms with Crippen molar-refractivity contribution in [2.75, 3.05) is 33.3 Å². The first-order valence-corrected chi connectivity index (χ1v) is 13.1. The molecule has 2 rings (SSSR count). The number of carbonyl (C=O) groups is 4. The first-order chi connectivity index (χ1) is 16.5. The Labute approximate surface area is 210 Å². The summed E-state index contributed by atoms with van der Waals surface area (Å²) in [5.41, 5.74) is -0.490. The van der Waals surface area contributed by atoms with E-state index in [1.165, 1.54) is 14.0 Å². The third-order valence-corrected chi connectivity index (χ3v) is 6.85. The fourth-order valence-electron chi connectivity index (χ4n) is 5.00. The first-order valence-electron chi connectivity index (χ1n) is 13.1. The predicted octanol–water partition coefficient (Wildman–Crippen LogP) is 3.30. The lowest BCUT2D eigenvalue weighted by Crippen LogP contribution is -2.46. The van der Waals surface area contributed by atoms with Crippen LogP contribution in [0.25, 0.3) is 0 Å². The molecule has 2 aliphatic rings. The van der Waals surface area contributed by atoms with Gasteiger partial charge in [0.05, 0.1) is 13.2 Å². The Morgan fingerprint density at radius 2 is 1.71 bits per heavy atom. The zero-order valence-electron chi connectivity index (χ0n) is 22.3. The van der Waals surface area contributed by atoms with Gasteiger partial charge in [0.1, 0.15) is 17.4 Å². The van der Waals surface area contributed by atoms with Crippen molar-refractivity contribution in [3.05, 3.63) is 0 Å². The van der Waals surface area contributed by atoms with E-state index in [-0.39, 0.29) is 18.0 Å². The van der Waals surface area contributed by atoms with Gasteiger partial charge >= 0.3 is 12.1 Å². The van der Waals surface area contributed by atoms with Crippen molar-refractivity contribution < 1.29 is 28.7 Å². The molecule has 9 nitrogen and oxygen atoms in total. The van der Waals surface area contributed by atoms with Crippen molar-refractivity contribution in [2.24, 2.45) is 5.92 Å². The number of ketones is 1. The van der Waals surface area contributed by atoms with Crippen LogP contribution in [0, 0.1) is 5.92 Å². The van der Waals surface area contributed by atoms with Crippen LogP contribution in [0.1, 0.15) is 85.5 Å². The van der Waals surface area contributed by atoms with Crippen molar-refractivity contribution >= 4 is 23.8 Å². The first kappa shape index (κ1) is 29.1. The number of nitrogens with one attached hydrogen (secondary N) is 1. The lowest BCUT2D eigenvalue weighted by molar-refractivity contribution is -0.145. The highest BCUT2D eigenvalue weighted by Crippen LogP contribution is 2.26. The summed E-state index contributed by atoms with van der Waals surface area (Å²) >= 11 is 0. The average molecular weight is 496 g/mol. The topological polar surface area (TPSA) is 105 Å². The summed E-state index contributed by atoms with van der Waals surface area (Å²) in [6, 6.07) is -0.717. The van der Waals surface area contributed by atoms with Gasteiger partial charge in [0, 0.05) is 26.4 Å². The lowest BCUT2D eigenvalue weighted by atomic mass is 9.88. The smallest absolute Gasteiger partial charge is 0.410 e. The Hall–Kier alpha value is -2.16. The van der Waals surface area contributed by atoms with E-state index in [1.54, 1.807) is 4.90 Å². The standard InChI is InChI=1S/C26H45N3O6/c1-19(30)27-21(24(32)34-5)9-8-16-28-15-7-6-10-22(28)23(31)12-11-20-13-17-29(18-14-20)25(33)35-26(2,3)4/h20-22H,6-18H2,1-5H3,(H,27,30)/t21?,22-/m1/s1. The number of likely N-dealkylation sites (tertiary alicyclic amines) is 2. The number of methoxy groups -OCH3 is 1. The number of esters is 1. The Bertz CT molecular complexity index is 727. The predicted molar refractivity (Wildman–Crippen MR) is 133 cm³/mol. The van der Waals surface area contributed by atoms with Crippen LogP contribution in [0.2, 0.25) is 0 Å². The molecule has 0 spiro atoms. The van der Waals surface area contributed by atoms with Gasteiger partial charge < -0.3 is 19.7 Å². The quantitative estimate of drug-likeness (QED) is 0.464. The number of nitrogens with zero attached hydrogens (tertiary/aromatic N) is 2. The monoisotopic (exact) mass is 495 g/mol. The molecule has 0 saturated carbocycles. The van der Waals surface area contributed by atoms with Crippen LogP contribution in [0.4, 0.5) is 4.79 Å². The maximum Gasteiger partial charge on any atom is 0.410 e. The zero-order chi connectivity index (χ0) is 26.0. The number of hydrogen-bond donors (Lipinski definition) is 1. The van der Waals surface area contributed by atoms with Gasteiger partial charge in [-0.05, 0) is 84.7 Å². The molecule has 0 aromatic carbocycles. The summed E-state index contributed by atoms with van der Waals surface area (Å²) < 4.78 is 10.3. The van der Waals surface area contributed by atoms with Crippen molar-refractivity contribution in [1.82, 2.24) is 15.1 Å². The van der Waals surface area contributed by atoms with E-state index in [0.717, 1.165) is 51.6 Å². The molecule has 1 unspecified atom stereocenters. The fourth-order valence-corrected chi connectivity index (χ4v) is 5.00. The van der Waals surface area contributed by atoms with E-state index < -0.39 is 17.6 Å². The van der Waals surface area contributed by atoms with Crippen LogP contribution in [-0.2, 0) is 23.9 Å². The zero-order valence-corrected chi connectivity index (χ0v) is 22.3. The highest BCUT2D eigenvalue weighted by Gasteiger charge is 2.31. The van der Waals surface area contributed by atoms with Gasteiger partial charge in [-0.2, -0.15) is 0 Å². The third kappa shape index (κ3) is 10.2. The molecule has 1 N–H and O–H groups in total. The molecular formula is C26H45N3O6. The summed E-state index contributed by atoms with van der Waals surface area (Å²) in [5, 5.41) is 2.65. The highest BCUT2D eigenvalue weighted by molar-refractivity contribution is 5.84. The molecular weight excluding hydrogens is 450 g/mol. The van der Waals surface area contributed by atoms with Crippen molar-refractivity contribution in [1.29, 1.82) is 0 Å². The van der Waals surface area contributed by atoms with Crippen LogP contribution >= 0.6 is 0 Å². The average Bonchev–Trinajstić information content (AvgIpc) is 2.80. The van der Waals surface area contributed by atoms with Gasteiger partial charge in [-0.3, -0.25) is 14.5 Å². The summed E-state index contributed by atoms with van der Waals surface area (Å²) in [6.07, 6.45) is 7.16. The molecule has 0 radical (unpaired) electrons. The summed E-state index contributed by atoms with van der Waals surface area (Å²) in [6.45, 7) is 9.97. The molecule has 2 aliphatic heterocycles. The minimum absolute atomic E-state index is 0.0667. The molecule has 2 amide bonds. The number of piperidine rings is 2. The normalized spacial score (nSPS) is 20.7. The third-order valence-electron chi connectivity index (χ3n) is 6.85. The van der Waals surface area contributed by atoms with Crippen molar-refractivity contribution in [3.63, 3.8) is 0 Å². The second-order valence-electron chi connectivity index (χ2n) is 10.9. The molecule has 9 heteroatoms. The maximum absolute atomic E-state index is 13.1. The van der Waals surface area contributed by atoms with Crippen LogP contribution in [0.5, 0.6) is 0 Å².